The van der Waals surface area contributed by atoms with Crippen LogP contribution in [0.25, 0.3) is 5.69 Å². The number of thiophene rings is 1. The van der Waals surface area contributed by atoms with Crippen LogP contribution in [0.4, 0.5) is 5.82 Å². The van der Waals surface area contributed by atoms with Gasteiger partial charge in [0.05, 0.1) is 16.8 Å². The smallest absolute Gasteiger partial charge is 0.266 e. The van der Waals surface area contributed by atoms with Crippen LogP contribution < -0.4 is 5.32 Å². The van der Waals surface area contributed by atoms with Gasteiger partial charge >= 0.3 is 0 Å². The molecular formula is C21H22N4O2S. The molecule has 0 unspecified atom stereocenters. The molecule has 1 N–H and O–H groups in total. The SMILES string of the molecule is O=C(Nc1c(C(=O)N2CCCCCC2)cnn1-c1ccccc1)c1cccs1. The van der Waals surface area contributed by atoms with Crippen molar-refractivity contribution in [2.24, 2.45) is 0 Å². The zero-order chi connectivity index (χ0) is 19.3. The molecule has 1 aromatic carbocycles. The Morgan fingerprint density at radius 3 is 2.39 bits per heavy atom. The second-order valence-corrected chi connectivity index (χ2v) is 7.74. The summed E-state index contributed by atoms with van der Waals surface area (Å²) in [5.41, 5.74) is 1.22. The zero-order valence-corrected chi connectivity index (χ0v) is 16.3. The maximum Gasteiger partial charge on any atom is 0.266 e. The lowest BCUT2D eigenvalue weighted by Crippen LogP contribution is -2.32. The predicted molar refractivity (Wildman–Crippen MR) is 110 cm³/mol. The fourth-order valence-electron chi connectivity index (χ4n) is 3.41. The molecule has 0 aliphatic carbocycles. The first-order valence-electron chi connectivity index (χ1n) is 9.51. The summed E-state index contributed by atoms with van der Waals surface area (Å²) in [6, 6.07) is 13.1. The van der Waals surface area contributed by atoms with Gasteiger partial charge in [-0.25, -0.2) is 4.68 Å². The van der Waals surface area contributed by atoms with Gasteiger partial charge in [-0.3, -0.25) is 9.59 Å². The molecular weight excluding hydrogens is 372 g/mol. The minimum absolute atomic E-state index is 0.0782. The van der Waals surface area contributed by atoms with Gasteiger partial charge < -0.3 is 10.2 Å². The molecule has 0 radical (unpaired) electrons. The topological polar surface area (TPSA) is 67.2 Å². The fraction of sp³-hybridized carbons (Fsp3) is 0.286. The highest BCUT2D eigenvalue weighted by atomic mass is 32.1. The van der Waals surface area contributed by atoms with Gasteiger partial charge in [0.1, 0.15) is 11.4 Å². The maximum atomic E-state index is 13.2. The highest BCUT2D eigenvalue weighted by Gasteiger charge is 2.25. The van der Waals surface area contributed by atoms with E-state index in [1.807, 2.05) is 46.7 Å². The van der Waals surface area contributed by atoms with Crippen LogP contribution in [0.1, 0.15) is 45.7 Å². The van der Waals surface area contributed by atoms with Gasteiger partial charge in [0.25, 0.3) is 11.8 Å². The van der Waals surface area contributed by atoms with Gasteiger partial charge in [-0.2, -0.15) is 5.10 Å². The first-order chi connectivity index (χ1) is 13.7. The van der Waals surface area contributed by atoms with E-state index in [2.05, 4.69) is 10.4 Å². The number of carbonyl (C=O) groups excluding carboxylic acids is 2. The van der Waals surface area contributed by atoms with Crippen molar-refractivity contribution in [2.75, 3.05) is 18.4 Å². The van der Waals surface area contributed by atoms with E-state index >= 15 is 0 Å². The molecule has 1 aliphatic rings. The van der Waals surface area contributed by atoms with Gasteiger partial charge in [-0.05, 0) is 36.4 Å². The molecule has 1 saturated heterocycles. The van der Waals surface area contributed by atoms with Crippen molar-refractivity contribution in [1.29, 1.82) is 0 Å². The van der Waals surface area contributed by atoms with Crippen molar-refractivity contribution in [1.82, 2.24) is 14.7 Å². The number of amides is 2. The highest BCUT2D eigenvalue weighted by Crippen LogP contribution is 2.24. The normalized spacial score (nSPS) is 14.5. The number of nitrogens with one attached hydrogen (secondary N) is 1. The van der Waals surface area contributed by atoms with E-state index in [0.717, 1.165) is 44.5 Å². The van der Waals surface area contributed by atoms with E-state index in [9.17, 15) is 9.59 Å². The molecule has 0 spiro atoms. The van der Waals surface area contributed by atoms with Gasteiger partial charge in [-0.15, -0.1) is 11.3 Å². The number of hydrogen-bond donors (Lipinski definition) is 1. The van der Waals surface area contributed by atoms with Gasteiger partial charge in [0.15, 0.2) is 0 Å². The number of benzene rings is 1. The van der Waals surface area contributed by atoms with E-state index in [-0.39, 0.29) is 11.8 Å². The molecule has 3 aromatic rings. The van der Waals surface area contributed by atoms with Crippen molar-refractivity contribution in [3.63, 3.8) is 0 Å². The first-order valence-corrected chi connectivity index (χ1v) is 10.4. The number of nitrogens with zero attached hydrogens (tertiary/aromatic N) is 3. The van der Waals surface area contributed by atoms with E-state index in [4.69, 9.17) is 0 Å². The monoisotopic (exact) mass is 394 g/mol. The van der Waals surface area contributed by atoms with Crippen molar-refractivity contribution in [2.45, 2.75) is 25.7 Å². The minimum Gasteiger partial charge on any atom is -0.338 e. The van der Waals surface area contributed by atoms with Crippen LogP contribution in [-0.2, 0) is 0 Å². The van der Waals surface area contributed by atoms with Crippen LogP contribution in [-0.4, -0.2) is 39.6 Å². The Bertz CT molecular complexity index is 942. The van der Waals surface area contributed by atoms with Gasteiger partial charge in [-0.1, -0.05) is 37.1 Å². The average molecular weight is 394 g/mol. The molecule has 1 fully saturated rings. The summed E-state index contributed by atoms with van der Waals surface area (Å²) in [7, 11) is 0. The Morgan fingerprint density at radius 2 is 1.71 bits per heavy atom. The Morgan fingerprint density at radius 1 is 0.964 bits per heavy atom. The molecule has 2 aromatic heterocycles. The van der Waals surface area contributed by atoms with Crippen LogP contribution in [0, 0.1) is 0 Å². The summed E-state index contributed by atoms with van der Waals surface area (Å²) in [4.78, 5) is 28.4. The third kappa shape index (κ3) is 3.84. The Hall–Kier alpha value is -2.93. The van der Waals surface area contributed by atoms with Crippen molar-refractivity contribution in [3.8, 4) is 5.69 Å². The molecule has 4 rings (SSSR count). The molecule has 6 nitrogen and oxygen atoms in total. The van der Waals surface area contributed by atoms with Crippen LogP contribution >= 0.6 is 11.3 Å². The Labute approximate surface area is 167 Å². The van der Waals surface area contributed by atoms with E-state index in [1.165, 1.54) is 11.3 Å². The number of hydrogen-bond acceptors (Lipinski definition) is 4. The fourth-order valence-corrected chi connectivity index (χ4v) is 4.03. The number of para-hydroxylation sites is 1. The summed E-state index contributed by atoms with van der Waals surface area (Å²) < 4.78 is 1.62. The number of anilines is 1. The number of carbonyl (C=O) groups is 2. The van der Waals surface area contributed by atoms with Crippen molar-refractivity contribution < 1.29 is 9.59 Å². The molecule has 144 valence electrons. The average Bonchev–Trinajstić information content (AvgIpc) is 3.32. The molecule has 3 heterocycles. The van der Waals surface area contributed by atoms with E-state index < -0.39 is 0 Å². The Kier molecular flexibility index (Phi) is 5.53. The van der Waals surface area contributed by atoms with Crippen molar-refractivity contribution in [3.05, 3.63) is 64.5 Å². The zero-order valence-electron chi connectivity index (χ0n) is 15.5. The lowest BCUT2D eigenvalue weighted by molar-refractivity contribution is 0.0762. The quantitative estimate of drug-likeness (QED) is 0.721. The van der Waals surface area contributed by atoms with E-state index in [1.54, 1.807) is 16.9 Å². The summed E-state index contributed by atoms with van der Waals surface area (Å²) in [5.74, 6) is 0.0991. The molecule has 7 heteroatoms. The number of likely N-dealkylation sites (tertiary alicyclic amines) is 1. The molecule has 2 amide bonds. The lowest BCUT2D eigenvalue weighted by Gasteiger charge is -2.20. The van der Waals surface area contributed by atoms with Crippen LogP contribution in [0.3, 0.4) is 0 Å². The van der Waals surface area contributed by atoms with Gasteiger partial charge in [0, 0.05) is 13.1 Å². The molecule has 0 bridgehead atoms. The van der Waals surface area contributed by atoms with Crippen LogP contribution in [0.5, 0.6) is 0 Å². The Balaban J connectivity index is 1.70. The summed E-state index contributed by atoms with van der Waals surface area (Å²) in [5, 5.41) is 9.19. The van der Waals surface area contributed by atoms with Crippen LogP contribution in [0.2, 0.25) is 0 Å². The van der Waals surface area contributed by atoms with Crippen molar-refractivity contribution >= 4 is 29.0 Å². The summed E-state index contributed by atoms with van der Waals surface area (Å²) >= 11 is 1.36. The number of aromatic nitrogens is 2. The molecule has 1 aliphatic heterocycles. The predicted octanol–water partition coefficient (Wildman–Crippen LogP) is 4.20. The minimum atomic E-state index is -0.238. The molecule has 28 heavy (non-hydrogen) atoms. The maximum absolute atomic E-state index is 13.2. The first kappa shape index (κ1) is 18.4. The molecule has 0 atom stereocenters. The standard InChI is InChI=1S/C21H22N4O2S/c26-20(18-11-8-14-28-18)23-19-17(21(27)24-12-6-1-2-7-13-24)15-22-25(19)16-9-4-3-5-10-16/h3-5,8-11,14-15H,1-2,6-7,12-13H2,(H,23,26). The molecule has 0 saturated carbocycles. The largest absolute Gasteiger partial charge is 0.338 e. The highest BCUT2D eigenvalue weighted by molar-refractivity contribution is 7.12. The third-order valence-electron chi connectivity index (χ3n) is 4.87. The van der Waals surface area contributed by atoms with Gasteiger partial charge in [0.2, 0.25) is 0 Å². The lowest BCUT2D eigenvalue weighted by atomic mass is 10.2. The summed E-state index contributed by atoms with van der Waals surface area (Å²) in [6.07, 6.45) is 5.87. The van der Waals surface area contributed by atoms with Crippen LogP contribution in [0.15, 0.2) is 54.0 Å². The second kappa shape index (κ2) is 8.39. The number of rotatable bonds is 4. The summed E-state index contributed by atoms with van der Waals surface area (Å²) in [6.45, 7) is 1.49. The van der Waals surface area contributed by atoms with E-state index in [0.29, 0.717) is 16.3 Å². The third-order valence-corrected chi connectivity index (χ3v) is 5.74. The second-order valence-electron chi connectivity index (χ2n) is 6.79.